The number of halogens is 1. The fourth-order valence-electron chi connectivity index (χ4n) is 3.81. The Morgan fingerprint density at radius 3 is 2.43 bits per heavy atom. The third-order valence-corrected chi connectivity index (χ3v) is 5.01. The molecule has 7 heteroatoms. The molecule has 3 rings (SSSR count). The standard InChI is InChI=1S/C16H17FN2O4/c1-16(15(22)23-3)11-10(13(20)19(2)14(11)21)12(18-16)8-4-6-9(17)7-5-8/h4-7,10-12,18H,1-3H3/p+1/t10-,11+,12-,16-/m0/s1. The lowest BCUT2D eigenvalue weighted by atomic mass is 9.80. The van der Waals surface area contributed by atoms with E-state index < -0.39 is 29.4 Å². The maximum Gasteiger partial charge on any atom is 0.368 e. The van der Waals surface area contributed by atoms with Crippen LogP contribution in [0.15, 0.2) is 24.3 Å². The van der Waals surface area contributed by atoms with E-state index in [4.69, 9.17) is 4.74 Å². The summed E-state index contributed by atoms with van der Waals surface area (Å²) in [6.07, 6.45) is 0. The van der Waals surface area contributed by atoms with Crippen LogP contribution >= 0.6 is 0 Å². The van der Waals surface area contributed by atoms with Crippen molar-refractivity contribution in [3.05, 3.63) is 35.6 Å². The number of imide groups is 1. The highest BCUT2D eigenvalue weighted by atomic mass is 19.1. The molecule has 2 N–H and O–H groups in total. The number of ether oxygens (including phenoxy) is 1. The first-order valence-corrected chi connectivity index (χ1v) is 7.32. The van der Waals surface area contributed by atoms with Crippen molar-refractivity contribution >= 4 is 17.8 Å². The van der Waals surface area contributed by atoms with Crippen LogP contribution in [0.2, 0.25) is 0 Å². The number of carbonyl (C=O) groups excluding carboxylic acids is 3. The fourth-order valence-corrected chi connectivity index (χ4v) is 3.81. The Balaban J connectivity index is 2.09. The van der Waals surface area contributed by atoms with Crippen LogP contribution in [0.1, 0.15) is 18.5 Å². The minimum Gasteiger partial charge on any atom is -0.464 e. The molecular weight excluding hydrogens is 303 g/mol. The molecule has 23 heavy (non-hydrogen) atoms. The van der Waals surface area contributed by atoms with Crippen molar-refractivity contribution < 1.29 is 28.8 Å². The van der Waals surface area contributed by atoms with Crippen LogP contribution in [0.3, 0.4) is 0 Å². The second-order valence-electron chi connectivity index (χ2n) is 6.26. The zero-order valence-corrected chi connectivity index (χ0v) is 13.1. The highest BCUT2D eigenvalue weighted by Crippen LogP contribution is 2.43. The molecule has 2 heterocycles. The van der Waals surface area contributed by atoms with Crippen molar-refractivity contribution in [1.82, 2.24) is 4.90 Å². The Bertz CT molecular complexity index is 690. The number of benzene rings is 1. The van der Waals surface area contributed by atoms with Crippen LogP contribution in [0, 0.1) is 17.7 Å². The molecule has 2 saturated heterocycles. The molecule has 2 fully saturated rings. The van der Waals surface area contributed by atoms with Gasteiger partial charge in [-0.2, -0.15) is 0 Å². The first kappa shape index (κ1) is 15.6. The van der Waals surface area contributed by atoms with Crippen LogP contribution in [0.4, 0.5) is 4.39 Å². The first-order valence-electron chi connectivity index (χ1n) is 7.32. The molecule has 0 saturated carbocycles. The van der Waals surface area contributed by atoms with Crippen molar-refractivity contribution in [1.29, 1.82) is 0 Å². The first-order chi connectivity index (χ1) is 10.8. The number of hydrogen-bond donors (Lipinski definition) is 1. The van der Waals surface area contributed by atoms with Gasteiger partial charge >= 0.3 is 5.97 Å². The van der Waals surface area contributed by atoms with Gasteiger partial charge in [0.25, 0.3) is 0 Å². The van der Waals surface area contributed by atoms with E-state index in [9.17, 15) is 18.8 Å². The molecule has 6 nitrogen and oxygen atoms in total. The lowest BCUT2D eigenvalue weighted by Gasteiger charge is -2.24. The number of hydrogen-bond acceptors (Lipinski definition) is 4. The number of carbonyl (C=O) groups is 3. The minimum atomic E-state index is -1.18. The zero-order valence-electron chi connectivity index (χ0n) is 13.1. The molecule has 2 amide bonds. The Labute approximate surface area is 132 Å². The van der Waals surface area contributed by atoms with E-state index >= 15 is 0 Å². The van der Waals surface area contributed by atoms with Crippen LogP contribution in [-0.4, -0.2) is 42.4 Å². The van der Waals surface area contributed by atoms with Crippen molar-refractivity contribution in [2.75, 3.05) is 14.2 Å². The largest absolute Gasteiger partial charge is 0.464 e. The fraction of sp³-hybridized carbons (Fsp3) is 0.438. The summed E-state index contributed by atoms with van der Waals surface area (Å²) in [5, 5.41) is 1.70. The summed E-state index contributed by atoms with van der Waals surface area (Å²) in [4.78, 5) is 38.3. The molecular formula is C16H18FN2O4+. The molecule has 0 radical (unpaired) electrons. The Hall–Kier alpha value is -2.28. The van der Waals surface area contributed by atoms with Crippen LogP contribution in [0.5, 0.6) is 0 Å². The number of quaternary nitrogens is 1. The third-order valence-electron chi connectivity index (χ3n) is 5.01. The number of amides is 2. The summed E-state index contributed by atoms with van der Waals surface area (Å²) in [6, 6.07) is 5.32. The third kappa shape index (κ3) is 2.07. The van der Waals surface area contributed by atoms with Crippen molar-refractivity contribution in [3.8, 4) is 0 Å². The van der Waals surface area contributed by atoms with Gasteiger partial charge in [-0.25, -0.2) is 9.18 Å². The highest BCUT2D eigenvalue weighted by molar-refractivity contribution is 6.08. The monoisotopic (exact) mass is 321 g/mol. The molecule has 2 aliphatic rings. The van der Waals surface area contributed by atoms with Gasteiger partial charge in [0.15, 0.2) is 0 Å². The zero-order chi connectivity index (χ0) is 16.9. The second kappa shape index (κ2) is 5.13. The highest BCUT2D eigenvalue weighted by Gasteiger charge is 2.70. The quantitative estimate of drug-likeness (QED) is 0.594. The molecule has 0 spiro atoms. The average molecular weight is 321 g/mol. The van der Waals surface area contributed by atoms with E-state index in [0.717, 1.165) is 4.90 Å². The van der Waals surface area contributed by atoms with Gasteiger partial charge in [-0.15, -0.1) is 0 Å². The maximum absolute atomic E-state index is 13.2. The van der Waals surface area contributed by atoms with Gasteiger partial charge in [-0.3, -0.25) is 14.5 Å². The lowest BCUT2D eigenvalue weighted by Crippen LogP contribution is -2.97. The topological polar surface area (TPSA) is 80.3 Å². The summed E-state index contributed by atoms with van der Waals surface area (Å²) < 4.78 is 18.0. The van der Waals surface area contributed by atoms with Gasteiger partial charge in [0.05, 0.1) is 7.11 Å². The van der Waals surface area contributed by atoms with E-state index in [-0.39, 0.29) is 17.6 Å². The smallest absolute Gasteiger partial charge is 0.368 e. The van der Waals surface area contributed by atoms with Gasteiger partial charge in [0.2, 0.25) is 17.4 Å². The number of nitrogens with two attached hydrogens (primary N) is 1. The van der Waals surface area contributed by atoms with Crippen LogP contribution in [-0.2, 0) is 19.1 Å². The van der Waals surface area contributed by atoms with E-state index in [1.807, 2.05) is 0 Å². The predicted molar refractivity (Wildman–Crippen MR) is 76.2 cm³/mol. The number of rotatable bonds is 2. The molecule has 1 aromatic rings. The van der Waals surface area contributed by atoms with Gasteiger partial charge < -0.3 is 10.1 Å². The maximum atomic E-state index is 13.2. The van der Waals surface area contributed by atoms with E-state index in [1.54, 1.807) is 24.4 Å². The SMILES string of the molecule is COC(=O)[C@@]1(C)[NH2+][C@@H](c2ccc(F)cc2)[C@H]2C(=O)N(C)C(=O)[C@@H]21. The summed E-state index contributed by atoms with van der Waals surface area (Å²) in [6.45, 7) is 1.62. The lowest BCUT2D eigenvalue weighted by molar-refractivity contribution is -0.731. The normalized spacial score (nSPS) is 33.0. The van der Waals surface area contributed by atoms with Crippen molar-refractivity contribution in [2.24, 2.45) is 11.8 Å². The molecule has 122 valence electrons. The van der Waals surface area contributed by atoms with Gasteiger partial charge in [0.1, 0.15) is 23.7 Å². The summed E-state index contributed by atoms with van der Waals surface area (Å²) in [5.41, 5.74) is -0.485. The predicted octanol–water partition coefficient (Wildman–Crippen LogP) is -0.393. The van der Waals surface area contributed by atoms with Crippen molar-refractivity contribution in [2.45, 2.75) is 18.5 Å². The Kier molecular flexibility index (Phi) is 3.48. The number of nitrogens with zero attached hydrogens (tertiary/aromatic N) is 1. The minimum absolute atomic E-state index is 0.321. The molecule has 4 atom stereocenters. The summed E-state index contributed by atoms with van der Waals surface area (Å²) in [7, 11) is 2.68. The summed E-state index contributed by atoms with van der Waals surface area (Å²) >= 11 is 0. The van der Waals surface area contributed by atoms with E-state index in [2.05, 4.69) is 0 Å². The summed E-state index contributed by atoms with van der Waals surface area (Å²) in [5.74, 6) is -3.09. The second-order valence-corrected chi connectivity index (χ2v) is 6.26. The van der Waals surface area contributed by atoms with Gasteiger partial charge in [-0.05, 0) is 12.1 Å². The molecule has 1 aromatic carbocycles. The molecule has 0 unspecified atom stereocenters. The number of likely N-dealkylation sites (tertiary alicyclic amines) is 1. The Morgan fingerprint density at radius 2 is 1.87 bits per heavy atom. The van der Waals surface area contributed by atoms with Gasteiger partial charge in [0, 0.05) is 19.5 Å². The Morgan fingerprint density at radius 1 is 1.26 bits per heavy atom. The number of methoxy groups -OCH3 is 1. The van der Waals surface area contributed by atoms with E-state index in [0.29, 0.717) is 5.56 Å². The molecule has 2 aliphatic heterocycles. The molecule has 0 aromatic heterocycles. The number of fused-ring (bicyclic) bond motifs is 1. The number of esters is 1. The molecule has 0 bridgehead atoms. The van der Waals surface area contributed by atoms with Gasteiger partial charge in [-0.1, -0.05) is 12.1 Å². The average Bonchev–Trinajstić information content (AvgIpc) is 2.97. The van der Waals surface area contributed by atoms with Crippen molar-refractivity contribution in [3.63, 3.8) is 0 Å². The van der Waals surface area contributed by atoms with E-state index in [1.165, 1.54) is 26.3 Å². The molecule has 0 aliphatic carbocycles. The van der Waals surface area contributed by atoms with Crippen LogP contribution < -0.4 is 5.32 Å². The van der Waals surface area contributed by atoms with Crippen LogP contribution in [0.25, 0.3) is 0 Å².